The number of amides is 1. The van der Waals surface area contributed by atoms with E-state index in [1.54, 1.807) is 6.21 Å². The van der Waals surface area contributed by atoms with E-state index in [2.05, 4.69) is 36.0 Å². The van der Waals surface area contributed by atoms with Crippen molar-refractivity contribution in [1.29, 1.82) is 0 Å². The molecule has 0 saturated carbocycles. The lowest BCUT2D eigenvalue weighted by molar-refractivity contribution is -0.385. The summed E-state index contributed by atoms with van der Waals surface area (Å²) in [4.78, 5) is 26.7. The van der Waals surface area contributed by atoms with Crippen molar-refractivity contribution in [3.63, 3.8) is 0 Å². The molecule has 186 valence electrons. The molecule has 0 radical (unpaired) electrons. The van der Waals surface area contributed by atoms with Gasteiger partial charge in [-0.1, -0.05) is 76.6 Å². The van der Waals surface area contributed by atoms with Gasteiger partial charge in [-0.15, -0.1) is 0 Å². The van der Waals surface area contributed by atoms with Crippen molar-refractivity contribution in [1.82, 2.24) is 15.0 Å². The molecule has 0 aliphatic heterocycles. The average Bonchev–Trinajstić information content (AvgIpc) is 3.33. The zero-order chi connectivity index (χ0) is 26.5. The van der Waals surface area contributed by atoms with Gasteiger partial charge in [0.05, 0.1) is 22.5 Å². The third-order valence-corrected chi connectivity index (χ3v) is 6.32. The molecule has 5 aromatic rings. The minimum absolute atomic E-state index is 0.0217. The van der Waals surface area contributed by atoms with Crippen LogP contribution < -0.4 is 5.43 Å². The van der Waals surface area contributed by atoms with Gasteiger partial charge in [0.25, 0.3) is 11.6 Å². The number of aromatic nitrogens is 2. The highest BCUT2D eigenvalue weighted by Gasteiger charge is 2.19. The van der Waals surface area contributed by atoms with Gasteiger partial charge in [0, 0.05) is 21.8 Å². The van der Waals surface area contributed by atoms with Gasteiger partial charge in [0.15, 0.2) is 0 Å². The molecule has 0 bridgehead atoms. The molecule has 0 spiro atoms. The van der Waals surface area contributed by atoms with Crippen LogP contribution >= 0.6 is 15.9 Å². The van der Waals surface area contributed by atoms with Crippen molar-refractivity contribution in [3.8, 4) is 28.2 Å². The Labute approximate surface area is 226 Å². The second kappa shape index (κ2) is 11.0. The smallest absolute Gasteiger partial charge is 0.289 e. The maximum Gasteiger partial charge on any atom is 0.289 e. The summed E-state index contributed by atoms with van der Waals surface area (Å²) >= 11 is 3.52. The highest BCUT2D eigenvalue weighted by atomic mass is 79.9. The van der Waals surface area contributed by atoms with Gasteiger partial charge in [-0.3, -0.25) is 14.9 Å². The van der Waals surface area contributed by atoms with Crippen LogP contribution in [0.5, 0.6) is 0 Å². The second-order valence-corrected chi connectivity index (χ2v) is 9.15. The van der Waals surface area contributed by atoms with Crippen molar-refractivity contribution < 1.29 is 9.72 Å². The lowest BCUT2D eigenvalue weighted by Crippen LogP contribution is -2.19. The molecule has 3 aromatic carbocycles. The zero-order valence-corrected chi connectivity index (χ0v) is 21.4. The molecule has 2 aromatic heterocycles. The van der Waals surface area contributed by atoms with Crippen molar-refractivity contribution in [2.24, 2.45) is 5.10 Å². The fourth-order valence-electron chi connectivity index (χ4n) is 4.05. The van der Waals surface area contributed by atoms with Crippen molar-refractivity contribution in [2.45, 2.75) is 0 Å². The van der Waals surface area contributed by atoms with Crippen LogP contribution in [0.25, 0.3) is 28.2 Å². The van der Waals surface area contributed by atoms with E-state index in [0.29, 0.717) is 0 Å². The maximum absolute atomic E-state index is 12.6. The Kier molecular flexibility index (Phi) is 7.19. The molecular weight excluding hydrogens is 546 g/mol. The van der Waals surface area contributed by atoms with Crippen LogP contribution in [0.4, 0.5) is 5.69 Å². The number of rotatable bonds is 7. The van der Waals surface area contributed by atoms with Crippen LogP contribution in [0.3, 0.4) is 0 Å². The van der Waals surface area contributed by atoms with Gasteiger partial charge in [-0.05, 0) is 47.5 Å². The number of carbonyl (C=O) groups is 1. The molecule has 0 fully saturated rings. The Morgan fingerprint density at radius 2 is 1.58 bits per heavy atom. The first-order valence-electron chi connectivity index (χ1n) is 11.6. The average molecular weight is 566 g/mol. The number of nitrogens with one attached hydrogen (secondary N) is 1. The first kappa shape index (κ1) is 24.8. The quantitative estimate of drug-likeness (QED) is 0.136. The third kappa shape index (κ3) is 5.28. The van der Waals surface area contributed by atoms with E-state index in [-0.39, 0.29) is 11.4 Å². The number of nitro groups is 1. The Hall–Kier alpha value is -4.89. The van der Waals surface area contributed by atoms with Gasteiger partial charge in [0.1, 0.15) is 11.9 Å². The molecule has 8 nitrogen and oxygen atoms in total. The molecule has 5 rings (SSSR count). The van der Waals surface area contributed by atoms with Crippen molar-refractivity contribution >= 4 is 33.7 Å². The third-order valence-electron chi connectivity index (χ3n) is 5.79. The van der Waals surface area contributed by atoms with E-state index in [1.807, 2.05) is 91.0 Å². The predicted octanol–water partition coefficient (Wildman–Crippen LogP) is 6.64. The molecule has 38 heavy (non-hydrogen) atoms. The largest absolute Gasteiger partial charge is 0.309 e. The lowest BCUT2D eigenvalue weighted by atomic mass is 10.1. The van der Waals surface area contributed by atoms with Gasteiger partial charge in [-0.2, -0.15) is 5.10 Å². The second-order valence-electron chi connectivity index (χ2n) is 8.24. The van der Waals surface area contributed by atoms with Gasteiger partial charge in [-0.25, -0.2) is 10.4 Å². The molecule has 1 amide bonds. The Balaban J connectivity index is 1.58. The summed E-state index contributed by atoms with van der Waals surface area (Å²) in [6.45, 7) is 0. The fourth-order valence-corrected chi connectivity index (χ4v) is 4.31. The standard InChI is InChI=1S/C29H20BrN5O3/c30-23-11-13-24(14-12-23)34-27(20-7-3-1-4-8-20)17-22(28(34)21-9-5-2-6-10-21)18-32-33-29(36)26-16-15-25(19-31-26)35(37)38/h1-19H,(H,33,36)/b32-18-. The van der Waals surface area contributed by atoms with E-state index >= 15 is 0 Å². The monoisotopic (exact) mass is 565 g/mol. The highest BCUT2D eigenvalue weighted by Crippen LogP contribution is 2.35. The van der Waals surface area contributed by atoms with Crippen LogP contribution in [-0.2, 0) is 0 Å². The summed E-state index contributed by atoms with van der Waals surface area (Å²) < 4.78 is 3.14. The van der Waals surface area contributed by atoms with Crippen LogP contribution in [0.15, 0.2) is 119 Å². The van der Waals surface area contributed by atoms with E-state index in [0.717, 1.165) is 44.4 Å². The highest BCUT2D eigenvalue weighted by molar-refractivity contribution is 9.10. The first-order chi connectivity index (χ1) is 18.5. The summed E-state index contributed by atoms with van der Waals surface area (Å²) in [5, 5.41) is 15.0. The minimum Gasteiger partial charge on any atom is -0.309 e. The van der Waals surface area contributed by atoms with E-state index in [1.165, 1.54) is 12.1 Å². The van der Waals surface area contributed by atoms with Crippen LogP contribution in [0.2, 0.25) is 0 Å². The summed E-state index contributed by atoms with van der Waals surface area (Å²) in [7, 11) is 0. The lowest BCUT2D eigenvalue weighted by Gasteiger charge is -2.15. The molecular formula is C29H20BrN5O3. The van der Waals surface area contributed by atoms with Gasteiger partial charge < -0.3 is 4.57 Å². The molecule has 0 saturated heterocycles. The summed E-state index contributed by atoms with van der Waals surface area (Å²) in [6.07, 6.45) is 2.63. The molecule has 0 atom stereocenters. The maximum atomic E-state index is 12.6. The molecule has 9 heteroatoms. The molecule has 0 aliphatic rings. The SMILES string of the molecule is O=C(N/N=C\c1cc(-c2ccccc2)n(-c2ccc(Br)cc2)c1-c1ccccc1)c1ccc([N+](=O)[O-])cn1. The normalized spacial score (nSPS) is 11.0. The van der Waals surface area contributed by atoms with Crippen LogP contribution in [-0.4, -0.2) is 26.6 Å². The van der Waals surface area contributed by atoms with Gasteiger partial charge in [0.2, 0.25) is 0 Å². The molecule has 0 aliphatic carbocycles. The molecule has 0 unspecified atom stereocenters. The number of pyridine rings is 1. The first-order valence-corrected chi connectivity index (χ1v) is 12.4. The molecule has 1 N–H and O–H groups in total. The number of carbonyl (C=O) groups excluding carboxylic acids is 1. The summed E-state index contributed by atoms with van der Waals surface area (Å²) in [5.41, 5.74) is 7.90. The Morgan fingerprint density at radius 1 is 0.921 bits per heavy atom. The number of halogens is 1. The number of hydrazone groups is 1. The predicted molar refractivity (Wildman–Crippen MR) is 150 cm³/mol. The fraction of sp³-hybridized carbons (Fsp3) is 0. The number of hydrogen-bond donors (Lipinski definition) is 1. The van der Waals surface area contributed by atoms with E-state index in [9.17, 15) is 14.9 Å². The van der Waals surface area contributed by atoms with Crippen LogP contribution in [0.1, 0.15) is 16.1 Å². The zero-order valence-electron chi connectivity index (χ0n) is 19.9. The minimum atomic E-state index is -0.576. The summed E-state index contributed by atoms with van der Waals surface area (Å²) in [5.74, 6) is -0.576. The van der Waals surface area contributed by atoms with Crippen molar-refractivity contribution in [3.05, 3.63) is 135 Å². The Bertz CT molecular complexity index is 1620. The molecule has 2 heterocycles. The topological polar surface area (TPSA) is 102 Å². The Morgan fingerprint density at radius 3 is 2.18 bits per heavy atom. The van der Waals surface area contributed by atoms with E-state index < -0.39 is 10.8 Å². The number of nitrogens with zero attached hydrogens (tertiary/aromatic N) is 4. The summed E-state index contributed by atoms with van der Waals surface area (Å²) in [6, 6.07) is 32.6. The van der Waals surface area contributed by atoms with Crippen molar-refractivity contribution in [2.75, 3.05) is 0 Å². The van der Waals surface area contributed by atoms with Crippen LogP contribution in [0, 0.1) is 10.1 Å². The van der Waals surface area contributed by atoms with E-state index in [4.69, 9.17) is 0 Å². The number of benzene rings is 3. The number of hydrogen-bond acceptors (Lipinski definition) is 5. The van der Waals surface area contributed by atoms with Gasteiger partial charge >= 0.3 is 0 Å².